The maximum Gasteiger partial charge on any atom is 0.370 e. The Morgan fingerprint density at radius 1 is 0.750 bits per heavy atom. The van der Waals surface area contributed by atoms with Crippen molar-refractivity contribution < 1.29 is 29.5 Å². The minimum absolute atomic E-state index is 0.177. The number of carboxylic acid groups (broad SMARTS) is 1. The molecule has 0 heterocycles. The van der Waals surface area contributed by atoms with Crippen LogP contribution in [0.1, 0.15) is 126 Å². The SMILES string of the molecule is CCCCC(CC)COOC(CCCCC(C)(C)C)(OOCC(CC)CCCC)C(=O)O. The summed E-state index contributed by atoms with van der Waals surface area (Å²) in [5, 5.41) is 10.0. The third-order valence-electron chi connectivity index (χ3n) is 6.09. The highest BCUT2D eigenvalue weighted by molar-refractivity contribution is 5.75. The van der Waals surface area contributed by atoms with Gasteiger partial charge in [-0.15, -0.1) is 0 Å². The van der Waals surface area contributed by atoms with Gasteiger partial charge in [0.25, 0.3) is 0 Å². The van der Waals surface area contributed by atoms with Gasteiger partial charge in [0.05, 0.1) is 13.2 Å². The van der Waals surface area contributed by atoms with Crippen LogP contribution in [-0.2, 0) is 24.3 Å². The molecule has 6 heteroatoms. The minimum atomic E-state index is -1.94. The molecule has 2 unspecified atom stereocenters. The molecule has 0 aliphatic heterocycles. The third-order valence-corrected chi connectivity index (χ3v) is 6.09. The van der Waals surface area contributed by atoms with Crippen LogP contribution in [0.3, 0.4) is 0 Å². The van der Waals surface area contributed by atoms with Crippen LogP contribution in [0.15, 0.2) is 0 Å². The van der Waals surface area contributed by atoms with Crippen molar-refractivity contribution >= 4 is 5.97 Å². The molecule has 0 aromatic heterocycles. The van der Waals surface area contributed by atoms with Crippen LogP contribution in [-0.4, -0.2) is 30.1 Å². The fourth-order valence-electron chi connectivity index (χ4n) is 3.54. The van der Waals surface area contributed by atoms with E-state index in [1.807, 2.05) is 0 Å². The molecule has 0 spiro atoms. The highest BCUT2D eigenvalue weighted by Gasteiger charge is 2.45. The number of aliphatic carboxylic acids is 1. The predicted octanol–water partition coefficient (Wildman–Crippen LogP) is 7.70. The van der Waals surface area contributed by atoms with Crippen LogP contribution in [0.5, 0.6) is 0 Å². The number of hydrogen-bond donors (Lipinski definition) is 1. The standard InChI is InChI=1S/C26H52O6/c1-8-12-16-22(10-3)20-29-31-26(24(27)28,19-15-14-18-25(5,6)7)32-30-21-23(11-4)17-13-9-2/h22-23H,8-21H2,1-7H3,(H,27,28). The van der Waals surface area contributed by atoms with Crippen LogP contribution in [0.4, 0.5) is 0 Å². The highest BCUT2D eigenvalue weighted by atomic mass is 17.3. The average Bonchev–Trinajstić information content (AvgIpc) is 2.74. The number of carbonyl (C=O) groups is 1. The van der Waals surface area contributed by atoms with Crippen molar-refractivity contribution in [1.82, 2.24) is 0 Å². The zero-order valence-electron chi connectivity index (χ0n) is 22.0. The molecule has 0 amide bonds. The molecule has 0 fully saturated rings. The van der Waals surface area contributed by atoms with E-state index in [0.29, 0.717) is 31.5 Å². The average molecular weight is 461 g/mol. The third kappa shape index (κ3) is 14.5. The molecule has 32 heavy (non-hydrogen) atoms. The minimum Gasteiger partial charge on any atom is -0.477 e. The van der Waals surface area contributed by atoms with Crippen molar-refractivity contribution in [2.75, 3.05) is 13.2 Å². The molecule has 0 rings (SSSR count). The Morgan fingerprint density at radius 2 is 1.19 bits per heavy atom. The second-order valence-electron chi connectivity index (χ2n) is 10.4. The lowest BCUT2D eigenvalue weighted by Crippen LogP contribution is -2.45. The van der Waals surface area contributed by atoms with Crippen LogP contribution >= 0.6 is 0 Å². The summed E-state index contributed by atoms with van der Waals surface area (Å²) >= 11 is 0. The van der Waals surface area contributed by atoms with E-state index >= 15 is 0 Å². The van der Waals surface area contributed by atoms with E-state index in [4.69, 9.17) is 19.6 Å². The van der Waals surface area contributed by atoms with E-state index in [9.17, 15) is 9.90 Å². The van der Waals surface area contributed by atoms with E-state index in [-0.39, 0.29) is 11.8 Å². The summed E-state index contributed by atoms with van der Waals surface area (Å²) < 4.78 is 0. The van der Waals surface area contributed by atoms with Crippen LogP contribution in [0.25, 0.3) is 0 Å². The van der Waals surface area contributed by atoms with Crippen LogP contribution in [0, 0.1) is 17.3 Å². The van der Waals surface area contributed by atoms with E-state index in [2.05, 4.69) is 48.5 Å². The van der Waals surface area contributed by atoms with E-state index in [1.165, 1.54) is 0 Å². The Bertz CT molecular complexity index is 438. The van der Waals surface area contributed by atoms with Gasteiger partial charge in [-0.25, -0.2) is 14.6 Å². The smallest absolute Gasteiger partial charge is 0.370 e. The second-order valence-corrected chi connectivity index (χ2v) is 10.4. The molecule has 192 valence electrons. The molecule has 0 aliphatic rings. The first-order valence-electron chi connectivity index (χ1n) is 13.0. The molecular weight excluding hydrogens is 408 g/mol. The maximum atomic E-state index is 12.2. The molecule has 6 nitrogen and oxygen atoms in total. The van der Waals surface area contributed by atoms with E-state index in [0.717, 1.165) is 64.2 Å². The number of unbranched alkanes of at least 4 members (excludes halogenated alkanes) is 3. The zero-order chi connectivity index (χ0) is 24.5. The first-order valence-corrected chi connectivity index (χ1v) is 13.0. The van der Waals surface area contributed by atoms with Gasteiger partial charge in [-0.3, -0.25) is 0 Å². The summed E-state index contributed by atoms with van der Waals surface area (Å²) in [7, 11) is 0. The number of hydrogen-bond acceptors (Lipinski definition) is 5. The molecule has 0 aromatic carbocycles. The zero-order valence-corrected chi connectivity index (χ0v) is 22.0. The van der Waals surface area contributed by atoms with E-state index < -0.39 is 11.8 Å². The Labute approximate surface area is 197 Å². The van der Waals surface area contributed by atoms with Gasteiger partial charge in [0.1, 0.15) is 0 Å². The normalized spacial score (nSPS) is 16.0. The monoisotopic (exact) mass is 460 g/mol. The maximum absolute atomic E-state index is 12.2. The molecule has 0 bridgehead atoms. The van der Waals surface area contributed by atoms with Crippen molar-refractivity contribution in [1.29, 1.82) is 0 Å². The van der Waals surface area contributed by atoms with E-state index in [1.54, 1.807) is 0 Å². The lowest BCUT2D eigenvalue weighted by Gasteiger charge is -2.28. The highest BCUT2D eigenvalue weighted by Crippen LogP contribution is 2.28. The van der Waals surface area contributed by atoms with Crippen molar-refractivity contribution in [2.24, 2.45) is 17.3 Å². The van der Waals surface area contributed by atoms with Gasteiger partial charge in [-0.05, 0) is 42.9 Å². The molecule has 0 saturated carbocycles. The molecular formula is C26H52O6. The Hall–Kier alpha value is -0.690. The van der Waals surface area contributed by atoms with Gasteiger partial charge in [0.2, 0.25) is 0 Å². The lowest BCUT2D eigenvalue weighted by atomic mass is 9.89. The Balaban J connectivity index is 5.04. The van der Waals surface area contributed by atoms with Crippen LogP contribution in [0.2, 0.25) is 0 Å². The predicted molar refractivity (Wildman–Crippen MR) is 129 cm³/mol. The van der Waals surface area contributed by atoms with Crippen LogP contribution < -0.4 is 0 Å². The largest absolute Gasteiger partial charge is 0.477 e. The topological polar surface area (TPSA) is 74.2 Å². The van der Waals surface area contributed by atoms with Crippen molar-refractivity contribution in [3.63, 3.8) is 0 Å². The van der Waals surface area contributed by atoms with Crippen molar-refractivity contribution in [3.05, 3.63) is 0 Å². The second kappa shape index (κ2) is 17.7. The summed E-state index contributed by atoms with van der Waals surface area (Å²) in [6.07, 6.45) is 11.2. The fraction of sp³-hybridized carbons (Fsp3) is 0.962. The van der Waals surface area contributed by atoms with Crippen molar-refractivity contribution in [3.8, 4) is 0 Å². The molecule has 2 atom stereocenters. The lowest BCUT2D eigenvalue weighted by molar-refractivity contribution is -0.501. The summed E-state index contributed by atoms with van der Waals surface area (Å²) in [5.41, 5.74) is 0.196. The fourth-order valence-corrected chi connectivity index (χ4v) is 3.54. The molecule has 0 saturated heterocycles. The molecule has 0 radical (unpaired) electrons. The quantitative estimate of drug-likeness (QED) is 0.0818. The van der Waals surface area contributed by atoms with Gasteiger partial charge >= 0.3 is 11.8 Å². The summed E-state index contributed by atoms with van der Waals surface area (Å²) in [4.78, 5) is 34.2. The number of carboxylic acids is 1. The van der Waals surface area contributed by atoms with Gasteiger partial charge in [0, 0.05) is 6.42 Å². The van der Waals surface area contributed by atoms with Crippen molar-refractivity contribution in [2.45, 2.75) is 131 Å². The Morgan fingerprint density at radius 3 is 1.53 bits per heavy atom. The summed E-state index contributed by atoms with van der Waals surface area (Å²) in [5.74, 6) is -2.48. The summed E-state index contributed by atoms with van der Waals surface area (Å²) in [6, 6.07) is 0. The Kier molecular flexibility index (Phi) is 17.4. The summed E-state index contributed by atoms with van der Waals surface area (Å²) in [6.45, 7) is 15.8. The van der Waals surface area contributed by atoms with Gasteiger partial charge in [-0.2, -0.15) is 9.78 Å². The molecule has 1 N–H and O–H groups in total. The molecule has 0 aromatic rings. The first kappa shape index (κ1) is 31.3. The molecule has 0 aliphatic carbocycles. The first-order chi connectivity index (χ1) is 15.1. The van der Waals surface area contributed by atoms with Gasteiger partial charge in [0.15, 0.2) is 0 Å². The van der Waals surface area contributed by atoms with Gasteiger partial charge < -0.3 is 5.11 Å². The number of rotatable bonds is 21. The van der Waals surface area contributed by atoms with Gasteiger partial charge in [-0.1, -0.05) is 93.4 Å².